The molecule has 0 fully saturated rings. The van der Waals surface area contributed by atoms with Crippen molar-refractivity contribution < 1.29 is 22.7 Å². The summed E-state index contributed by atoms with van der Waals surface area (Å²) in [6, 6.07) is 9.60. The number of ether oxygens (including phenoxy) is 1. The molecule has 0 saturated heterocycles. The monoisotopic (exact) mass is 446 g/mol. The predicted molar refractivity (Wildman–Crippen MR) is 98.0 cm³/mol. The van der Waals surface area contributed by atoms with Gasteiger partial charge in [0.05, 0.1) is 17.3 Å². The largest absolute Gasteiger partial charge is 0.468 e. The van der Waals surface area contributed by atoms with Crippen LogP contribution in [0, 0.1) is 0 Å². The van der Waals surface area contributed by atoms with Gasteiger partial charge in [-0.3, -0.25) is 14.3 Å². The van der Waals surface area contributed by atoms with Gasteiger partial charge in [-0.15, -0.1) is 11.3 Å². The van der Waals surface area contributed by atoms with E-state index in [-0.39, 0.29) is 23.1 Å². The number of carbonyl (C=O) groups excluding carboxylic acids is 2. The highest BCUT2D eigenvalue weighted by atomic mass is 79.9. The van der Waals surface area contributed by atoms with Crippen molar-refractivity contribution in [2.75, 3.05) is 18.4 Å². The van der Waals surface area contributed by atoms with Crippen LogP contribution in [0.2, 0.25) is 0 Å². The van der Waals surface area contributed by atoms with Gasteiger partial charge in [0.25, 0.3) is 10.0 Å². The zero-order chi connectivity index (χ0) is 18.4. The third-order valence-corrected chi connectivity index (χ3v) is 6.54. The maximum atomic E-state index is 12.2. The molecule has 7 nitrogen and oxygen atoms in total. The van der Waals surface area contributed by atoms with Crippen molar-refractivity contribution in [2.24, 2.45) is 0 Å². The summed E-state index contributed by atoms with van der Waals surface area (Å²) in [7, 11) is -2.40. The minimum Gasteiger partial charge on any atom is -0.468 e. The molecule has 25 heavy (non-hydrogen) atoms. The second-order valence-electron chi connectivity index (χ2n) is 4.89. The van der Waals surface area contributed by atoms with E-state index in [9.17, 15) is 18.0 Å². The number of nitrogens with one attached hydrogen (secondary N) is 2. The number of hydrogen-bond donors (Lipinski definition) is 2. The minimum absolute atomic E-state index is 0.0713. The molecule has 0 spiro atoms. The van der Waals surface area contributed by atoms with Gasteiger partial charge in [-0.25, -0.2) is 8.42 Å². The average Bonchev–Trinajstić information content (AvgIpc) is 3.01. The number of hydrogen-bond acceptors (Lipinski definition) is 6. The standard InChI is InChI=1S/C15H15BrN2O5S2/c1-23-14(20)9-17-13(19)8-10-2-4-11(5-3-10)18-25(21,22)15-7-6-12(16)24-15/h2-7,18H,8-9H2,1H3,(H,17,19). The zero-order valence-electron chi connectivity index (χ0n) is 13.1. The van der Waals surface area contributed by atoms with Crippen molar-refractivity contribution in [2.45, 2.75) is 10.6 Å². The first-order valence-corrected chi connectivity index (χ1v) is 10.1. The van der Waals surface area contributed by atoms with Gasteiger partial charge < -0.3 is 10.1 Å². The van der Waals surface area contributed by atoms with E-state index in [1.165, 1.54) is 13.2 Å². The molecular weight excluding hydrogens is 432 g/mol. The normalized spacial score (nSPS) is 11.0. The molecular formula is C15H15BrN2O5S2. The van der Waals surface area contributed by atoms with E-state index >= 15 is 0 Å². The molecule has 0 aliphatic rings. The fourth-order valence-corrected chi connectivity index (χ4v) is 4.90. The summed E-state index contributed by atoms with van der Waals surface area (Å²) in [5.41, 5.74) is 1.08. The molecule has 0 aliphatic carbocycles. The summed E-state index contributed by atoms with van der Waals surface area (Å²) >= 11 is 4.34. The third kappa shape index (κ3) is 5.83. The summed E-state index contributed by atoms with van der Waals surface area (Å²) in [5.74, 6) is -0.861. The van der Waals surface area contributed by atoms with Gasteiger partial charge in [0.2, 0.25) is 5.91 Å². The number of benzene rings is 1. The average molecular weight is 447 g/mol. The van der Waals surface area contributed by atoms with Crippen LogP contribution in [0.4, 0.5) is 5.69 Å². The van der Waals surface area contributed by atoms with Crippen LogP contribution < -0.4 is 10.0 Å². The van der Waals surface area contributed by atoms with Crippen molar-refractivity contribution in [3.8, 4) is 0 Å². The van der Waals surface area contributed by atoms with Crippen LogP contribution in [0.15, 0.2) is 44.4 Å². The van der Waals surface area contributed by atoms with Crippen molar-refractivity contribution in [1.29, 1.82) is 0 Å². The number of rotatable bonds is 7. The Bertz CT molecular complexity index is 862. The van der Waals surface area contributed by atoms with Crippen molar-refractivity contribution in [1.82, 2.24) is 5.32 Å². The first-order valence-electron chi connectivity index (χ1n) is 7.01. The van der Waals surface area contributed by atoms with Gasteiger partial charge in [0.15, 0.2) is 0 Å². The Morgan fingerprint density at radius 3 is 2.40 bits per heavy atom. The van der Waals surface area contributed by atoms with Crippen LogP contribution in [0.5, 0.6) is 0 Å². The molecule has 1 amide bonds. The van der Waals surface area contributed by atoms with Crippen LogP contribution in [0.25, 0.3) is 0 Å². The van der Waals surface area contributed by atoms with Gasteiger partial charge in [0.1, 0.15) is 10.8 Å². The molecule has 134 valence electrons. The fraction of sp³-hybridized carbons (Fsp3) is 0.200. The second kappa shape index (κ2) is 8.45. The SMILES string of the molecule is COC(=O)CNC(=O)Cc1ccc(NS(=O)(=O)c2ccc(Br)s2)cc1. The molecule has 0 bridgehead atoms. The number of anilines is 1. The van der Waals surface area contributed by atoms with Crippen LogP contribution in [0.1, 0.15) is 5.56 Å². The number of esters is 1. The van der Waals surface area contributed by atoms with Gasteiger partial charge >= 0.3 is 5.97 Å². The van der Waals surface area contributed by atoms with E-state index in [4.69, 9.17) is 0 Å². The number of amides is 1. The van der Waals surface area contributed by atoms with E-state index in [0.29, 0.717) is 11.3 Å². The highest BCUT2D eigenvalue weighted by Gasteiger charge is 2.16. The van der Waals surface area contributed by atoms with Crippen molar-refractivity contribution in [3.63, 3.8) is 0 Å². The highest BCUT2D eigenvalue weighted by Crippen LogP contribution is 2.27. The van der Waals surface area contributed by atoms with Crippen molar-refractivity contribution in [3.05, 3.63) is 45.7 Å². The van der Waals surface area contributed by atoms with E-state index in [1.54, 1.807) is 30.3 Å². The molecule has 0 saturated carbocycles. The Kier molecular flexibility index (Phi) is 6.57. The van der Waals surface area contributed by atoms with E-state index in [0.717, 1.165) is 15.1 Å². The molecule has 0 radical (unpaired) electrons. The molecule has 0 aliphatic heterocycles. The Labute approximate surface area is 157 Å². The van der Waals surface area contributed by atoms with Crippen LogP contribution in [0.3, 0.4) is 0 Å². The molecule has 1 aromatic heterocycles. The lowest BCUT2D eigenvalue weighted by molar-refractivity contribution is -0.141. The summed E-state index contributed by atoms with van der Waals surface area (Å²) in [6.45, 7) is -0.191. The molecule has 1 aromatic carbocycles. The first kappa shape index (κ1) is 19.4. The summed E-state index contributed by atoms with van der Waals surface area (Å²) in [6.07, 6.45) is 0.0713. The molecule has 2 aromatic rings. The Morgan fingerprint density at radius 1 is 1.16 bits per heavy atom. The lowest BCUT2D eigenvalue weighted by Crippen LogP contribution is -2.31. The molecule has 0 atom stereocenters. The van der Waals surface area contributed by atoms with Crippen LogP contribution >= 0.6 is 27.3 Å². The molecule has 10 heteroatoms. The Balaban J connectivity index is 1.95. The number of halogens is 1. The van der Waals surface area contributed by atoms with Gasteiger partial charge in [0, 0.05) is 5.69 Å². The zero-order valence-corrected chi connectivity index (χ0v) is 16.3. The van der Waals surface area contributed by atoms with Gasteiger partial charge in [-0.1, -0.05) is 12.1 Å². The molecule has 2 rings (SSSR count). The van der Waals surface area contributed by atoms with E-state index in [1.807, 2.05) is 0 Å². The number of sulfonamides is 1. The maximum absolute atomic E-state index is 12.2. The molecule has 0 unspecified atom stereocenters. The summed E-state index contributed by atoms with van der Waals surface area (Å²) in [4.78, 5) is 22.7. The van der Waals surface area contributed by atoms with Crippen LogP contribution in [-0.2, 0) is 30.8 Å². The smallest absolute Gasteiger partial charge is 0.325 e. The third-order valence-electron chi connectivity index (χ3n) is 3.04. The van der Waals surface area contributed by atoms with Crippen molar-refractivity contribution >= 4 is 54.9 Å². The summed E-state index contributed by atoms with van der Waals surface area (Å²) < 4.78 is 32.3. The Hall–Kier alpha value is -1.91. The number of methoxy groups -OCH3 is 1. The summed E-state index contributed by atoms with van der Waals surface area (Å²) in [5, 5.41) is 2.43. The Morgan fingerprint density at radius 2 is 1.84 bits per heavy atom. The molecule has 2 N–H and O–H groups in total. The predicted octanol–water partition coefficient (Wildman–Crippen LogP) is 2.14. The second-order valence-corrected chi connectivity index (χ2v) is 9.26. The topological polar surface area (TPSA) is 102 Å². The quantitative estimate of drug-likeness (QED) is 0.634. The highest BCUT2D eigenvalue weighted by molar-refractivity contribution is 9.11. The van der Waals surface area contributed by atoms with Gasteiger partial charge in [-0.2, -0.15) is 0 Å². The lowest BCUT2D eigenvalue weighted by Gasteiger charge is -2.08. The lowest BCUT2D eigenvalue weighted by atomic mass is 10.1. The maximum Gasteiger partial charge on any atom is 0.325 e. The van der Waals surface area contributed by atoms with E-state index < -0.39 is 16.0 Å². The van der Waals surface area contributed by atoms with Gasteiger partial charge in [-0.05, 0) is 45.8 Å². The van der Waals surface area contributed by atoms with Crippen LogP contribution in [-0.4, -0.2) is 33.9 Å². The fourth-order valence-electron chi connectivity index (χ4n) is 1.83. The van der Waals surface area contributed by atoms with E-state index in [2.05, 4.69) is 30.7 Å². The molecule has 1 heterocycles. The minimum atomic E-state index is -3.64. The number of thiophene rings is 1. The number of carbonyl (C=O) groups is 2. The first-order chi connectivity index (χ1) is 11.8.